The highest BCUT2D eigenvalue weighted by atomic mass is 32.1. The molecule has 1 saturated heterocycles. The maximum absolute atomic E-state index is 12.5. The molecule has 0 saturated carbocycles. The molecule has 3 rings (SSSR count). The van der Waals surface area contributed by atoms with Crippen molar-refractivity contribution in [2.24, 2.45) is 0 Å². The average Bonchev–Trinajstić information content (AvgIpc) is 3.16. The Morgan fingerprint density at radius 2 is 2.18 bits per heavy atom. The third kappa shape index (κ3) is 2.79. The number of piperidine rings is 1. The highest BCUT2D eigenvalue weighted by molar-refractivity contribution is 7.11. The van der Waals surface area contributed by atoms with Gasteiger partial charge in [0.2, 0.25) is 5.76 Å². The number of hydrogen-bond donors (Lipinski definition) is 0. The van der Waals surface area contributed by atoms with E-state index < -0.39 is 0 Å². The molecule has 1 aliphatic heterocycles. The monoisotopic (exact) mass is 319 g/mol. The first-order valence-corrected chi connectivity index (χ1v) is 8.51. The van der Waals surface area contributed by atoms with Crippen LogP contribution >= 0.6 is 11.3 Å². The Morgan fingerprint density at radius 1 is 1.45 bits per heavy atom. The van der Waals surface area contributed by atoms with E-state index in [0.717, 1.165) is 38.0 Å². The van der Waals surface area contributed by atoms with E-state index in [0.29, 0.717) is 5.76 Å². The highest BCUT2D eigenvalue weighted by Gasteiger charge is 2.36. The van der Waals surface area contributed by atoms with Gasteiger partial charge in [0.15, 0.2) is 0 Å². The molecule has 1 aliphatic rings. The van der Waals surface area contributed by atoms with Gasteiger partial charge in [0.1, 0.15) is 0 Å². The third-order valence-electron chi connectivity index (χ3n) is 4.42. The van der Waals surface area contributed by atoms with Crippen LogP contribution in [0.15, 0.2) is 16.8 Å². The summed E-state index contributed by atoms with van der Waals surface area (Å²) in [6.07, 6.45) is 4.57. The van der Waals surface area contributed by atoms with Crippen molar-refractivity contribution in [2.75, 3.05) is 13.1 Å². The number of carbonyl (C=O) groups is 1. The Bertz CT molecular complexity index is 668. The molecule has 0 aliphatic carbocycles. The zero-order valence-corrected chi connectivity index (χ0v) is 14.1. The first kappa shape index (κ1) is 15.2. The van der Waals surface area contributed by atoms with Gasteiger partial charge in [0, 0.05) is 35.6 Å². The molecule has 5 nitrogen and oxygen atoms in total. The molecule has 0 unspecified atom stereocenters. The number of hydrogen-bond acceptors (Lipinski definition) is 5. The summed E-state index contributed by atoms with van der Waals surface area (Å²) in [6, 6.07) is 1.75. The van der Waals surface area contributed by atoms with Gasteiger partial charge in [-0.3, -0.25) is 4.79 Å². The molecule has 0 bridgehead atoms. The minimum Gasteiger partial charge on any atom is -0.351 e. The Kier molecular flexibility index (Phi) is 4.04. The van der Waals surface area contributed by atoms with Crippen LogP contribution in [0.1, 0.15) is 52.8 Å². The fourth-order valence-corrected chi connectivity index (χ4v) is 3.75. The maximum Gasteiger partial charge on any atom is 0.292 e. The van der Waals surface area contributed by atoms with Crippen molar-refractivity contribution < 1.29 is 9.32 Å². The van der Waals surface area contributed by atoms with Gasteiger partial charge in [-0.15, -0.1) is 11.3 Å². The lowest BCUT2D eigenvalue weighted by atomic mass is 9.81. The second-order valence-corrected chi connectivity index (χ2v) is 7.40. The standard InChI is InChI=1S/C16H21N3O2S/c1-4-12-9-13(21-18-12)14(20)19-7-5-16(3,6-8-19)15-17-10-11(2)22-15/h9-10H,4-8H2,1-3H3. The van der Waals surface area contributed by atoms with E-state index in [1.807, 2.05) is 18.0 Å². The summed E-state index contributed by atoms with van der Waals surface area (Å²) >= 11 is 1.76. The lowest BCUT2D eigenvalue weighted by Crippen LogP contribution is -2.43. The summed E-state index contributed by atoms with van der Waals surface area (Å²) in [5.41, 5.74) is 0.898. The molecule has 0 N–H and O–H groups in total. The van der Waals surface area contributed by atoms with Crippen molar-refractivity contribution in [1.82, 2.24) is 15.0 Å². The number of thiazole rings is 1. The van der Waals surface area contributed by atoms with Crippen LogP contribution in [0.5, 0.6) is 0 Å². The summed E-state index contributed by atoms with van der Waals surface area (Å²) in [4.78, 5) is 20.1. The van der Waals surface area contributed by atoms with E-state index in [2.05, 4.69) is 24.0 Å². The smallest absolute Gasteiger partial charge is 0.292 e. The minimum atomic E-state index is -0.0513. The number of aromatic nitrogens is 2. The summed E-state index contributed by atoms with van der Waals surface area (Å²) in [7, 11) is 0. The van der Waals surface area contributed by atoms with Crippen molar-refractivity contribution >= 4 is 17.2 Å². The van der Waals surface area contributed by atoms with E-state index in [1.165, 1.54) is 9.88 Å². The van der Waals surface area contributed by atoms with Crippen molar-refractivity contribution in [3.8, 4) is 0 Å². The molecular formula is C16H21N3O2S. The molecule has 0 spiro atoms. The summed E-state index contributed by atoms with van der Waals surface area (Å²) in [5, 5.41) is 5.08. The summed E-state index contributed by atoms with van der Waals surface area (Å²) < 4.78 is 5.16. The van der Waals surface area contributed by atoms with Crippen molar-refractivity contribution in [3.05, 3.63) is 33.6 Å². The zero-order valence-electron chi connectivity index (χ0n) is 13.3. The first-order valence-electron chi connectivity index (χ1n) is 7.69. The Labute approximate surface area is 134 Å². The molecule has 22 heavy (non-hydrogen) atoms. The summed E-state index contributed by atoms with van der Waals surface area (Å²) in [6.45, 7) is 7.79. The molecule has 0 aromatic carbocycles. The highest BCUT2D eigenvalue weighted by Crippen LogP contribution is 2.37. The Hall–Kier alpha value is -1.69. The fourth-order valence-electron chi connectivity index (χ4n) is 2.79. The number of amides is 1. The number of aryl methyl sites for hydroxylation is 2. The molecule has 0 atom stereocenters. The van der Waals surface area contributed by atoms with Gasteiger partial charge in [-0.2, -0.15) is 0 Å². The van der Waals surface area contributed by atoms with Crippen LogP contribution < -0.4 is 0 Å². The predicted molar refractivity (Wildman–Crippen MR) is 85.2 cm³/mol. The molecule has 2 aromatic heterocycles. The summed E-state index contributed by atoms with van der Waals surface area (Å²) in [5.74, 6) is 0.301. The normalized spacial score (nSPS) is 17.7. The van der Waals surface area contributed by atoms with Gasteiger partial charge >= 0.3 is 0 Å². The van der Waals surface area contributed by atoms with Crippen LogP contribution in [0, 0.1) is 6.92 Å². The molecule has 118 valence electrons. The van der Waals surface area contributed by atoms with Crippen molar-refractivity contribution in [3.63, 3.8) is 0 Å². The van der Waals surface area contributed by atoms with E-state index >= 15 is 0 Å². The minimum absolute atomic E-state index is 0.0513. The molecule has 6 heteroatoms. The molecule has 1 fully saturated rings. The molecular weight excluding hydrogens is 298 g/mol. The van der Waals surface area contributed by atoms with Crippen molar-refractivity contribution in [2.45, 2.75) is 45.4 Å². The van der Waals surface area contributed by atoms with E-state index in [1.54, 1.807) is 17.4 Å². The van der Waals surface area contributed by atoms with Gasteiger partial charge in [-0.25, -0.2) is 4.98 Å². The Balaban J connectivity index is 1.67. The van der Waals surface area contributed by atoms with Crippen LogP contribution in [0.25, 0.3) is 0 Å². The van der Waals surface area contributed by atoms with E-state index in [-0.39, 0.29) is 11.3 Å². The van der Waals surface area contributed by atoms with Crippen LogP contribution in [0.4, 0.5) is 0 Å². The quantitative estimate of drug-likeness (QED) is 0.871. The van der Waals surface area contributed by atoms with Crippen LogP contribution in [-0.4, -0.2) is 34.0 Å². The molecule has 3 heterocycles. The van der Waals surface area contributed by atoms with Gasteiger partial charge < -0.3 is 9.42 Å². The average molecular weight is 319 g/mol. The second-order valence-electron chi connectivity index (χ2n) is 6.16. The van der Waals surface area contributed by atoms with E-state index in [4.69, 9.17) is 4.52 Å². The largest absolute Gasteiger partial charge is 0.351 e. The maximum atomic E-state index is 12.5. The van der Waals surface area contributed by atoms with Gasteiger partial charge in [-0.05, 0) is 26.2 Å². The zero-order chi connectivity index (χ0) is 15.7. The van der Waals surface area contributed by atoms with Crippen LogP contribution in [0.2, 0.25) is 0 Å². The van der Waals surface area contributed by atoms with Crippen LogP contribution in [-0.2, 0) is 11.8 Å². The van der Waals surface area contributed by atoms with Gasteiger partial charge in [0.25, 0.3) is 5.91 Å². The van der Waals surface area contributed by atoms with Gasteiger partial charge in [0.05, 0.1) is 10.7 Å². The Morgan fingerprint density at radius 3 is 2.73 bits per heavy atom. The predicted octanol–water partition coefficient (Wildman–Crippen LogP) is 3.20. The third-order valence-corrected chi connectivity index (χ3v) is 5.64. The lowest BCUT2D eigenvalue weighted by molar-refractivity contribution is 0.0634. The molecule has 1 amide bonds. The van der Waals surface area contributed by atoms with Crippen molar-refractivity contribution in [1.29, 1.82) is 0 Å². The topological polar surface area (TPSA) is 59.2 Å². The van der Waals surface area contributed by atoms with E-state index in [9.17, 15) is 4.79 Å². The number of likely N-dealkylation sites (tertiary alicyclic amines) is 1. The first-order chi connectivity index (χ1) is 10.5. The molecule has 2 aromatic rings. The fraction of sp³-hybridized carbons (Fsp3) is 0.562. The number of rotatable bonds is 3. The van der Waals surface area contributed by atoms with Gasteiger partial charge in [-0.1, -0.05) is 19.0 Å². The lowest BCUT2D eigenvalue weighted by Gasteiger charge is -2.37. The molecule has 0 radical (unpaired) electrons. The number of carbonyl (C=O) groups excluding carboxylic acids is 1. The SMILES string of the molecule is CCc1cc(C(=O)N2CCC(C)(c3ncc(C)s3)CC2)on1. The van der Waals surface area contributed by atoms with Crippen LogP contribution in [0.3, 0.4) is 0 Å². The number of nitrogens with zero attached hydrogens (tertiary/aromatic N) is 3. The second kappa shape index (κ2) is 5.83.